The van der Waals surface area contributed by atoms with Crippen LogP contribution in [-0.2, 0) is 11.5 Å². The smallest absolute Gasteiger partial charge is 0.149 e. The quantitative estimate of drug-likeness (QED) is 0.786. The maximum atomic E-state index is 5.30. The summed E-state index contributed by atoms with van der Waals surface area (Å²) in [7, 11) is 0. The molecular formula is C10H8N2S3. The molecular weight excluding hydrogens is 244 g/mol. The van der Waals surface area contributed by atoms with Crippen LogP contribution in [0.3, 0.4) is 0 Å². The zero-order valence-electron chi connectivity index (χ0n) is 7.82. The minimum Gasteiger partial charge on any atom is -0.341 e. The number of aromatic nitrogens is 2. The Labute approximate surface area is 101 Å². The number of aromatic amines is 1. The molecule has 0 radical (unpaired) electrons. The second kappa shape index (κ2) is 3.73. The van der Waals surface area contributed by atoms with Gasteiger partial charge >= 0.3 is 0 Å². The standard InChI is InChI=1S/C10H8N2S3/c13-10-6-4-14-5-7(6)11-9(12-10)8-2-1-3-15-8/h1-3H,4-5H2,(H,11,12,13). The first-order valence-electron chi connectivity index (χ1n) is 4.58. The van der Waals surface area contributed by atoms with Gasteiger partial charge in [0.1, 0.15) is 10.5 Å². The maximum absolute atomic E-state index is 5.30. The minimum absolute atomic E-state index is 0.761. The van der Waals surface area contributed by atoms with Crippen molar-refractivity contribution in [1.29, 1.82) is 0 Å². The van der Waals surface area contributed by atoms with Crippen molar-refractivity contribution < 1.29 is 0 Å². The van der Waals surface area contributed by atoms with Crippen LogP contribution in [0.25, 0.3) is 10.7 Å². The molecule has 3 heterocycles. The Kier molecular flexibility index (Phi) is 2.38. The number of rotatable bonds is 1. The van der Waals surface area contributed by atoms with E-state index in [0.717, 1.165) is 26.8 Å². The topological polar surface area (TPSA) is 28.7 Å². The average molecular weight is 252 g/mol. The second-order valence-electron chi connectivity index (χ2n) is 3.32. The van der Waals surface area contributed by atoms with E-state index >= 15 is 0 Å². The SMILES string of the molecule is S=c1nc(-c2cccs2)[nH]c2c1CSC2. The third-order valence-electron chi connectivity index (χ3n) is 2.35. The van der Waals surface area contributed by atoms with E-state index in [1.54, 1.807) is 11.3 Å². The lowest BCUT2D eigenvalue weighted by atomic mass is 10.3. The molecule has 1 aliphatic rings. The summed E-state index contributed by atoms with van der Waals surface area (Å²) in [4.78, 5) is 8.98. The van der Waals surface area contributed by atoms with E-state index < -0.39 is 0 Å². The molecule has 5 heteroatoms. The van der Waals surface area contributed by atoms with Crippen LogP contribution in [0.15, 0.2) is 17.5 Å². The highest BCUT2D eigenvalue weighted by Crippen LogP contribution is 2.31. The zero-order chi connectivity index (χ0) is 10.3. The van der Waals surface area contributed by atoms with Crippen LogP contribution in [0.5, 0.6) is 0 Å². The fourth-order valence-electron chi connectivity index (χ4n) is 1.60. The maximum Gasteiger partial charge on any atom is 0.149 e. The van der Waals surface area contributed by atoms with Crippen molar-refractivity contribution >= 4 is 35.3 Å². The number of fused-ring (bicyclic) bond motifs is 1. The fourth-order valence-corrected chi connectivity index (χ4v) is 3.72. The van der Waals surface area contributed by atoms with Gasteiger partial charge in [-0.25, -0.2) is 4.98 Å². The summed E-state index contributed by atoms with van der Waals surface area (Å²) in [6, 6.07) is 4.09. The van der Waals surface area contributed by atoms with Crippen LogP contribution in [0.4, 0.5) is 0 Å². The van der Waals surface area contributed by atoms with Crippen molar-refractivity contribution in [3.63, 3.8) is 0 Å². The first kappa shape index (κ1) is 9.57. The predicted molar refractivity (Wildman–Crippen MR) is 67.7 cm³/mol. The Morgan fingerprint density at radius 1 is 1.40 bits per heavy atom. The van der Waals surface area contributed by atoms with Gasteiger partial charge in [0, 0.05) is 22.8 Å². The van der Waals surface area contributed by atoms with Crippen LogP contribution in [0, 0.1) is 4.64 Å². The Hall–Kier alpha value is -0.650. The van der Waals surface area contributed by atoms with Crippen molar-refractivity contribution in [3.05, 3.63) is 33.4 Å². The first-order chi connectivity index (χ1) is 7.34. The van der Waals surface area contributed by atoms with E-state index in [-0.39, 0.29) is 0 Å². The van der Waals surface area contributed by atoms with Gasteiger partial charge in [-0.05, 0) is 11.4 Å². The Morgan fingerprint density at radius 2 is 2.33 bits per heavy atom. The van der Waals surface area contributed by atoms with E-state index in [1.807, 2.05) is 17.8 Å². The lowest BCUT2D eigenvalue weighted by molar-refractivity contribution is 1.06. The molecule has 76 valence electrons. The van der Waals surface area contributed by atoms with Crippen LogP contribution < -0.4 is 0 Å². The zero-order valence-corrected chi connectivity index (χ0v) is 10.3. The van der Waals surface area contributed by atoms with Crippen LogP contribution >= 0.6 is 35.3 Å². The van der Waals surface area contributed by atoms with Gasteiger partial charge in [0.15, 0.2) is 0 Å². The molecule has 1 N–H and O–H groups in total. The van der Waals surface area contributed by atoms with Gasteiger partial charge in [0.2, 0.25) is 0 Å². The molecule has 0 saturated heterocycles. The summed E-state index contributed by atoms with van der Waals surface area (Å²) in [6.07, 6.45) is 0. The summed E-state index contributed by atoms with van der Waals surface area (Å²) in [5.74, 6) is 2.94. The molecule has 0 aromatic carbocycles. The monoisotopic (exact) mass is 252 g/mol. The van der Waals surface area contributed by atoms with Gasteiger partial charge in [-0.3, -0.25) is 0 Å². The van der Waals surface area contributed by atoms with Gasteiger partial charge < -0.3 is 4.98 Å². The molecule has 15 heavy (non-hydrogen) atoms. The largest absolute Gasteiger partial charge is 0.341 e. The van der Waals surface area contributed by atoms with Crippen molar-refractivity contribution in [2.24, 2.45) is 0 Å². The lowest BCUT2D eigenvalue weighted by Gasteiger charge is -2.02. The second-order valence-corrected chi connectivity index (χ2v) is 5.64. The summed E-state index contributed by atoms with van der Waals surface area (Å²) in [5, 5.41) is 2.05. The van der Waals surface area contributed by atoms with E-state index in [0.29, 0.717) is 0 Å². The molecule has 0 bridgehead atoms. The van der Waals surface area contributed by atoms with Crippen LogP contribution in [0.2, 0.25) is 0 Å². The minimum atomic E-state index is 0.761. The molecule has 3 rings (SSSR count). The number of hydrogen-bond acceptors (Lipinski definition) is 4. The molecule has 0 aliphatic carbocycles. The van der Waals surface area contributed by atoms with Crippen molar-refractivity contribution in [2.45, 2.75) is 11.5 Å². The van der Waals surface area contributed by atoms with Gasteiger partial charge in [0.05, 0.1) is 4.88 Å². The molecule has 0 spiro atoms. The van der Waals surface area contributed by atoms with Crippen molar-refractivity contribution in [1.82, 2.24) is 9.97 Å². The van der Waals surface area contributed by atoms with E-state index in [4.69, 9.17) is 12.2 Å². The molecule has 0 fully saturated rings. The molecule has 0 atom stereocenters. The summed E-state index contributed by atoms with van der Waals surface area (Å²) in [5.41, 5.74) is 2.47. The highest BCUT2D eigenvalue weighted by Gasteiger charge is 2.15. The number of hydrogen-bond donors (Lipinski definition) is 1. The fraction of sp³-hybridized carbons (Fsp3) is 0.200. The van der Waals surface area contributed by atoms with Gasteiger partial charge in [0.25, 0.3) is 0 Å². The number of H-pyrrole nitrogens is 1. The van der Waals surface area contributed by atoms with Crippen LogP contribution in [-0.4, -0.2) is 9.97 Å². The third kappa shape index (κ3) is 1.64. The Morgan fingerprint density at radius 3 is 3.13 bits per heavy atom. The normalized spacial score (nSPS) is 14.1. The molecule has 2 aromatic rings. The first-order valence-corrected chi connectivity index (χ1v) is 7.02. The summed E-state index contributed by atoms with van der Waals surface area (Å²) >= 11 is 8.87. The number of nitrogens with one attached hydrogen (secondary N) is 1. The number of nitrogens with zero attached hydrogens (tertiary/aromatic N) is 1. The Balaban J connectivity index is 2.20. The third-order valence-corrected chi connectivity index (χ3v) is 4.55. The van der Waals surface area contributed by atoms with E-state index in [9.17, 15) is 0 Å². The summed E-state index contributed by atoms with van der Waals surface area (Å²) in [6.45, 7) is 0. The molecule has 1 aliphatic heterocycles. The number of thioether (sulfide) groups is 1. The average Bonchev–Trinajstić information content (AvgIpc) is 2.88. The molecule has 2 aromatic heterocycles. The van der Waals surface area contributed by atoms with Crippen molar-refractivity contribution in [3.8, 4) is 10.7 Å². The molecule has 2 nitrogen and oxygen atoms in total. The van der Waals surface area contributed by atoms with Gasteiger partial charge in [-0.2, -0.15) is 11.8 Å². The van der Waals surface area contributed by atoms with Gasteiger partial charge in [-0.1, -0.05) is 18.3 Å². The molecule has 0 unspecified atom stereocenters. The Bertz CT molecular complexity index is 542. The predicted octanol–water partition coefficient (Wildman–Crippen LogP) is 3.61. The lowest BCUT2D eigenvalue weighted by Crippen LogP contribution is -1.95. The molecule has 0 amide bonds. The van der Waals surface area contributed by atoms with E-state index in [1.165, 1.54) is 11.3 Å². The highest BCUT2D eigenvalue weighted by molar-refractivity contribution is 7.98. The van der Waals surface area contributed by atoms with Gasteiger partial charge in [-0.15, -0.1) is 11.3 Å². The molecule has 0 saturated carbocycles. The van der Waals surface area contributed by atoms with E-state index in [2.05, 4.69) is 21.4 Å². The highest BCUT2D eigenvalue weighted by atomic mass is 32.2. The van der Waals surface area contributed by atoms with Crippen molar-refractivity contribution in [2.75, 3.05) is 0 Å². The summed E-state index contributed by atoms with van der Waals surface area (Å²) < 4.78 is 0.761. The number of thiophene rings is 1. The van der Waals surface area contributed by atoms with Crippen LogP contribution in [0.1, 0.15) is 11.3 Å².